The van der Waals surface area contributed by atoms with Gasteiger partial charge < -0.3 is 14.6 Å². The van der Waals surface area contributed by atoms with E-state index in [4.69, 9.17) is 0 Å². The van der Waals surface area contributed by atoms with E-state index in [1.807, 2.05) is 6.07 Å². The van der Waals surface area contributed by atoms with Gasteiger partial charge in [0.05, 0.1) is 5.92 Å². The van der Waals surface area contributed by atoms with Gasteiger partial charge in [-0.05, 0) is 43.5 Å². The molecule has 1 saturated heterocycles. The predicted octanol–water partition coefficient (Wildman–Crippen LogP) is 4.07. The fraction of sp³-hybridized carbons (Fsp3) is 0.381. The molecule has 5 heteroatoms. The summed E-state index contributed by atoms with van der Waals surface area (Å²) in [6.45, 7) is 2.58. The number of nitrogens with zero attached hydrogens (tertiary/aromatic N) is 2. The molecule has 0 radical (unpaired) electrons. The van der Waals surface area contributed by atoms with Crippen molar-refractivity contribution in [2.75, 3.05) is 19.6 Å². The lowest BCUT2D eigenvalue weighted by Gasteiger charge is -2.30. The van der Waals surface area contributed by atoms with E-state index in [-0.39, 0.29) is 18.3 Å². The normalized spacial score (nSPS) is 18.3. The summed E-state index contributed by atoms with van der Waals surface area (Å²) in [5.74, 6) is -0.867. The zero-order chi connectivity index (χ0) is 17.6. The zero-order valence-corrected chi connectivity index (χ0v) is 16.0. The van der Waals surface area contributed by atoms with Crippen molar-refractivity contribution in [1.29, 1.82) is 0 Å². The third-order valence-corrected chi connectivity index (χ3v) is 4.95. The number of piperidine rings is 1. The lowest BCUT2D eigenvalue weighted by Crippen LogP contribution is -2.39. The van der Waals surface area contributed by atoms with E-state index in [1.165, 1.54) is 16.8 Å². The number of carbonyl (C=O) groups is 1. The van der Waals surface area contributed by atoms with Crippen LogP contribution in [0.2, 0.25) is 0 Å². The van der Waals surface area contributed by atoms with Gasteiger partial charge in [-0.2, -0.15) is 0 Å². The Labute approximate surface area is 161 Å². The van der Waals surface area contributed by atoms with Crippen molar-refractivity contribution in [3.63, 3.8) is 0 Å². The van der Waals surface area contributed by atoms with Gasteiger partial charge in [-0.1, -0.05) is 36.4 Å². The van der Waals surface area contributed by atoms with Crippen LogP contribution in [-0.4, -0.2) is 40.2 Å². The number of rotatable bonds is 6. The minimum Gasteiger partial charge on any atom is -0.481 e. The minimum absolute atomic E-state index is 0. The Morgan fingerprint density at radius 2 is 2.00 bits per heavy atom. The van der Waals surface area contributed by atoms with Gasteiger partial charge in [-0.3, -0.25) is 4.79 Å². The first-order valence-corrected chi connectivity index (χ1v) is 8.97. The maximum Gasteiger partial charge on any atom is 0.307 e. The average Bonchev–Trinajstić information content (AvgIpc) is 3.05. The first-order chi connectivity index (χ1) is 12.1. The van der Waals surface area contributed by atoms with Crippen LogP contribution in [0.3, 0.4) is 0 Å². The van der Waals surface area contributed by atoms with Crippen molar-refractivity contribution in [1.82, 2.24) is 9.47 Å². The summed E-state index contributed by atoms with van der Waals surface area (Å²) in [6, 6.07) is 14.6. The minimum atomic E-state index is -0.658. The molecule has 1 N–H and O–H groups in total. The van der Waals surface area contributed by atoms with E-state index in [9.17, 15) is 9.90 Å². The molecule has 1 fully saturated rings. The van der Waals surface area contributed by atoms with Gasteiger partial charge >= 0.3 is 5.97 Å². The number of aryl methyl sites for hydroxylation is 1. The summed E-state index contributed by atoms with van der Waals surface area (Å²) in [5, 5.41) is 9.23. The summed E-state index contributed by atoms with van der Waals surface area (Å²) in [6.07, 6.45) is 7.05. The Bertz CT molecular complexity index is 739. The highest BCUT2D eigenvalue weighted by atomic mass is 35.5. The molecule has 3 rings (SSSR count). The molecule has 0 saturated carbocycles. The Balaban J connectivity index is 0.00000243. The molecule has 26 heavy (non-hydrogen) atoms. The highest BCUT2D eigenvalue weighted by molar-refractivity contribution is 5.85. The highest BCUT2D eigenvalue weighted by Crippen LogP contribution is 2.24. The fourth-order valence-corrected chi connectivity index (χ4v) is 3.58. The van der Waals surface area contributed by atoms with E-state index in [0.29, 0.717) is 6.54 Å². The average molecular weight is 375 g/mol. The SMILES string of the molecule is Cl.Cn1cccc1C(=CCCN1CCC[C@@H](C(=O)O)C1)c1ccccc1. The molecule has 2 aromatic rings. The number of halogens is 1. The quantitative estimate of drug-likeness (QED) is 0.829. The number of carboxylic acid groups (broad SMARTS) is 1. The molecule has 1 aliphatic rings. The molecular weight excluding hydrogens is 348 g/mol. The highest BCUT2D eigenvalue weighted by Gasteiger charge is 2.24. The van der Waals surface area contributed by atoms with Crippen molar-refractivity contribution < 1.29 is 9.90 Å². The number of hydrogen-bond donors (Lipinski definition) is 1. The van der Waals surface area contributed by atoms with E-state index < -0.39 is 5.97 Å². The molecule has 1 aromatic carbocycles. The van der Waals surface area contributed by atoms with Crippen LogP contribution in [0, 0.1) is 5.92 Å². The van der Waals surface area contributed by atoms with Crippen molar-refractivity contribution >= 4 is 23.9 Å². The molecule has 4 nitrogen and oxygen atoms in total. The summed E-state index contributed by atoms with van der Waals surface area (Å²) in [4.78, 5) is 13.5. The lowest BCUT2D eigenvalue weighted by atomic mass is 9.97. The molecule has 0 amide bonds. The number of hydrogen-bond acceptors (Lipinski definition) is 2. The Hall–Kier alpha value is -2.04. The molecule has 0 spiro atoms. The van der Waals surface area contributed by atoms with Crippen LogP contribution in [0.5, 0.6) is 0 Å². The van der Waals surface area contributed by atoms with Crippen LogP contribution in [0.1, 0.15) is 30.5 Å². The lowest BCUT2D eigenvalue weighted by molar-refractivity contribution is -0.143. The largest absolute Gasteiger partial charge is 0.481 e. The Kier molecular flexibility index (Phi) is 7.49. The van der Waals surface area contributed by atoms with Crippen LogP contribution in [0.15, 0.2) is 54.7 Å². The standard InChI is InChI=1S/C21H26N2O2.ClH/c1-22-13-7-12-20(22)19(17-8-3-2-4-9-17)11-6-15-23-14-5-10-18(16-23)21(24)25;/h2-4,7-9,11-13,18H,5-6,10,14-16H2,1H3,(H,24,25);1H/t18-;/m1./s1. The number of carboxylic acids is 1. The molecule has 0 bridgehead atoms. The van der Waals surface area contributed by atoms with Crippen LogP contribution in [-0.2, 0) is 11.8 Å². The van der Waals surface area contributed by atoms with Crippen LogP contribution in [0.25, 0.3) is 5.57 Å². The van der Waals surface area contributed by atoms with Gasteiger partial charge in [-0.15, -0.1) is 12.4 Å². The fourth-order valence-electron chi connectivity index (χ4n) is 3.58. The summed E-state index contributed by atoms with van der Waals surface area (Å²) >= 11 is 0. The van der Waals surface area contributed by atoms with Crippen LogP contribution >= 0.6 is 12.4 Å². The first-order valence-electron chi connectivity index (χ1n) is 8.97. The third-order valence-electron chi connectivity index (χ3n) is 4.95. The molecule has 2 heterocycles. The summed E-state index contributed by atoms with van der Waals surface area (Å²) in [7, 11) is 2.06. The van der Waals surface area contributed by atoms with Crippen molar-refractivity contribution in [3.05, 3.63) is 66.0 Å². The second-order valence-corrected chi connectivity index (χ2v) is 6.75. The molecule has 1 aromatic heterocycles. The van der Waals surface area contributed by atoms with Gasteiger partial charge in [0, 0.05) is 37.6 Å². The third kappa shape index (κ3) is 4.99. The van der Waals surface area contributed by atoms with E-state index in [2.05, 4.69) is 65.2 Å². The second-order valence-electron chi connectivity index (χ2n) is 6.75. The van der Waals surface area contributed by atoms with Crippen LogP contribution < -0.4 is 0 Å². The van der Waals surface area contributed by atoms with E-state index in [0.717, 1.165) is 32.4 Å². The van der Waals surface area contributed by atoms with Gasteiger partial charge in [-0.25, -0.2) is 0 Å². The number of aliphatic carboxylic acids is 1. The molecule has 1 atom stereocenters. The maximum atomic E-state index is 11.2. The maximum absolute atomic E-state index is 11.2. The van der Waals surface area contributed by atoms with Gasteiger partial charge in [0.2, 0.25) is 0 Å². The van der Waals surface area contributed by atoms with E-state index >= 15 is 0 Å². The zero-order valence-electron chi connectivity index (χ0n) is 15.2. The van der Waals surface area contributed by atoms with Crippen molar-refractivity contribution in [2.24, 2.45) is 13.0 Å². The molecular formula is C21H27ClN2O2. The summed E-state index contributed by atoms with van der Waals surface area (Å²) in [5.41, 5.74) is 3.65. The Morgan fingerprint density at radius 1 is 1.23 bits per heavy atom. The second kappa shape index (κ2) is 9.60. The molecule has 0 unspecified atom stereocenters. The van der Waals surface area contributed by atoms with E-state index in [1.54, 1.807) is 0 Å². The predicted molar refractivity (Wildman–Crippen MR) is 108 cm³/mol. The smallest absolute Gasteiger partial charge is 0.307 e. The van der Waals surface area contributed by atoms with Gasteiger partial charge in [0.15, 0.2) is 0 Å². The monoisotopic (exact) mass is 374 g/mol. The topological polar surface area (TPSA) is 45.5 Å². The van der Waals surface area contributed by atoms with Gasteiger partial charge in [0.1, 0.15) is 0 Å². The van der Waals surface area contributed by atoms with Crippen LogP contribution in [0.4, 0.5) is 0 Å². The number of benzene rings is 1. The Morgan fingerprint density at radius 3 is 2.65 bits per heavy atom. The van der Waals surface area contributed by atoms with Gasteiger partial charge in [0.25, 0.3) is 0 Å². The molecule has 140 valence electrons. The molecule has 0 aliphatic carbocycles. The first kappa shape index (κ1) is 20.3. The summed E-state index contributed by atoms with van der Waals surface area (Å²) < 4.78 is 2.14. The van der Waals surface area contributed by atoms with Crippen molar-refractivity contribution in [2.45, 2.75) is 19.3 Å². The molecule has 1 aliphatic heterocycles. The number of likely N-dealkylation sites (tertiary alicyclic amines) is 1. The number of aromatic nitrogens is 1. The van der Waals surface area contributed by atoms with Crippen molar-refractivity contribution in [3.8, 4) is 0 Å².